The third-order valence-electron chi connectivity index (χ3n) is 6.56. The molecule has 0 aliphatic carbocycles. The predicted molar refractivity (Wildman–Crippen MR) is 145 cm³/mol. The molecule has 8 heteroatoms. The summed E-state index contributed by atoms with van der Waals surface area (Å²) >= 11 is 0. The van der Waals surface area contributed by atoms with Crippen LogP contribution in [0.1, 0.15) is 46.4 Å². The highest BCUT2D eigenvalue weighted by Gasteiger charge is 2.26. The van der Waals surface area contributed by atoms with Crippen LogP contribution in [0.15, 0.2) is 89.5 Å². The van der Waals surface area contributed by atoms with Crippen molar-refractivity contribution in [2.24, 2.45) is 0 Å². The average molecular weight is 514 g/mol. The van der Waals surface area contributed by atoms with Crippen LogP contribution >= 0.6 is 0 Å². The summed E-state index contributed by atoms with van der Waals surface area (Å²) in [5, 5.41) is 8.12. The molecule has 37 heavy (non-hydrogen) atoms. The second-order valence-electron chi connectivity index (χ2n) is 9.23. The van der Waals surface area contributed by atoms with E-state index in [-0.39, 0.29) is 5.92 Å². The molecule has 0 bridgehead atoms. The van der Waals surface area contributed by atoms with Crippen LogP contribution < -0.4 is 5.32 Å². The molecule has 0 saturated carbocycles. The molecule has 0 spiro atoms. The fourth-order valence-electron chi connectivity index (χ4n) is 4.46. The van der Waals surface area contributed by atoms with Crippen LogP contribution in [0, 0.1) is 13.8 Å². The van der Waals surface area contributed by atoms with Gasteiger partial charge in [-0.3, -0.25) is 4.55 Å². The van der Waals surface area contributed by atoms with Crippen molar-refractivity contribution >= 4 is 26.6 Å². The van der Waals surface area contributed by atoms with Crippen molar-refractivity contribution in [3.05, 3.63) is 113 Å². The first-order valence-corrected chi connectivity index (χ1v) is 13.4. The molecule has 2 atom stereocenters. The van der Waals surface area contributed by atoms with Crippen molar-refractivity contribution < 1.29 is 17.5 Å². The SMILES string of the molecule is Cc1ccc(C(Nc2ccc(C)c(-c3noc(C(C)c4cccc5ccccc45)n3)c2)S(=O)(=O)O)cc1. The van der Waals surface area contributed by atoms with E-state index in [0.29, 0.717) is 28.5 Å². The fourth-order valence-corrected chi connectivity index (χ4v) is 5.24. The lowest BCUT2D eigenvalue weighted by atomic mass is 9.95. The Bertz CT molecular complexity index is 1670. The van der Waals surface area contributed by atoms with E-state index in [9.17, 15) is 13.0 Å². The van der Waals surface area contributed by atoms with Crippen LogP contribution in [0.25, 0.3) is 22.2 Å². The first-order chi connectivity index (χ1) is 17.7. The number of rotatable bonds is 7. The minimum atomic E-state index is -4.43. The minimum Gasteiger partial charge on any atom is -0.363 e. The highest BCUT2D eigenvalue weighted by Crippen LogP contribution is 2.33. The van der Waals surface area contributed by atoms with Crippen molar-refractivity contribution in [3.8, 4) is 11.4 Å². The molecule has 0 fully saturated rings. The maximum Gasteiger partial charge on any atom is 0.290 e. The highest BCUT2D eigenvalue weighted by molar-refractivity contribution is 7.86. The van der Waals surface area contributed by atoms with E-state index in [1.165, 1.54) is 0 Å². The van der Waals surface area contributed by atoms with E-state index >= 15 is 0 Å². The van der Waals surface area contributed by atoms with Crippen LogP contribution in [0.5, 0.6) is 0 Å². The molecule has 2 N–H and O–H groups in total. The monoisotopic (exact) mass is 513 g/mol. The van der Waals surface area contributed by atoms with Gasteiger partial charge in [-0.1, -0.05) is 83.5 Å². The summed E-state index contributed by atoms with van der Waals surface area (Å²) in [6, 6.07) is 26.6. The van der Waals surface area contributed by atoms with E-state index < -0.39 is 15.5 Å². The number of nitrogens with zero attached hydrogens (tertiary/aromatic N) is 2. The standard InChI is InChI=1S/C29H27N3O4S/c1-18-11-14-22(15-12-18)29(37(33,34)35)30-23-16-13-19(2)26(17-23)27-31-28(36-32-27)20(3)24-10-6-8-21-7-4-5-9-25(21)24/h4-17,20,29-30H,1-3H3,(H,33,34,35). The van der Waals surface area contributed by atoms with Crippen LogP contribution in [-0.2, 0) is 10.1 Å². The van der Waals surface area contributed by atoms with E-state index in [2.05, 4.69) is 39.7 Å². The average Bonchev–Trinajstić information content (AvgIpc) is 3.37. The lowest BCUT2D eigenvalue weighted by Gasteiger charge is -2.18. The first kappa shape index (κ1) is 24.7. The van der Waals surface area contributed by atoms with Crippen molar-refractivity contribution in [2.45, 2.75) is 32.1 Å². The third-order valence-corrected chi connectivity index (χ3v) is 7.54. The molecule has 0 saturated heterocycles. The Labute approximate surface area is 215 Å². The molecule has 5 aromatic rings. The molecule has 2 unspecified atom stereocenters. The summed E-state index contributed by atoms with van der Waals surface area (Å²) in [4.78, 5) is 4.69. The van der Waals surface area contributed by atoms with E-state index in [1.54, 1.807) is 36.4 Å². The first-order valence-electron chi connectivity index (χ1n) is 11.9. The van der Waals surface area contributed by atoms with Crippen LogP contribution in [0.2, 0.25) is 0 Å². The van der Waals surface area contributed by atoms with Crippen LogP contribution in [0.4, 0.5) is 5.69 Å². The minimum absolute atomic E-state index is 0.126. The van der Waals surface area contributed by atoms with Gasteiger partial charge in [-0.2, -0.15) is 13.4 Å². The van der Waals surface area contributed by atoms with E-state index in [0.717, 1.165) is 27.5 Å². The third kappa shape index (κ3) is 5.12. The summed E-state index contributed by atoms with van der Waals surface area (Å²) in [6.45, 7) is 5.86. The number of aromatic nitrogens is 2. The lowest BCUT2D eigenvalue weighted by molar-refractivity contribution is 0.371. The zero-order valence-electron chi connectivity index (χ0n) is 20.7. The largest absolute Gasteiger partial charge is 0.363 e. The van der Waals surface area contributed by atoms with Gasteiger partial charge in [-0.05, 0) is 60.4 Å². The van der Waals surface area contributed by atoms with Gasteiger partial charge in [0.15, 0.2) is 5.37 Å². The molecular formula is C29H27N3O4S. The second-order valence-corrected chi connectivity index (χ2v) is 10.7. The molecule has 1 aromatic heterocycles. The molecule has 7 nitrogen and oxygen atoms in total. The van der Waals surface area contributed by atoms with Crippen molar-refractivity contribution in [1.82, 2.24) is 10.1 Å². The smallest absolute Gasteiger partial charge is 0.290 e. The number of hydrogen-bond donors (Lipinski definition) is 2. The van der Waals surface area contributed by atoms with Gasteiger partial charge in [0.1, 0.15) is 0 Å². The van der Waals surface area contributed by atoms with Gasteiger partial charge in [0.2, 0.25) is 11.7 Å². The molecule has 1 heterocycles. The number of fused-ring (bicyclic) bond motifs is 1. The molecule has 0 amide bonds. The molecule has 4 aromatic carbocycles. The molecular weight excluding hydrogens is 486 g/mol. The summed E-state index contributed by atoms with van der Waals surface area (Å²) in [5.41, 5.74) is 4.60. The van der Waals surface area contributed by atoms with Gasteiger partial charge in [0.25, 0.3) is 10.1 Å². The number of hydrogen-bond acceptors (Lipinski definition) is 6. The lowest BCUT2D eigenvalue weighted by Crippen LogP contribution is -2.20. The number of nitrogens with one attached hydrogen (secondary N) is 1. The summed E-state index contributed by atoms with van der Waals surface area (Å²) in [6.07, 6.45) is 0. The molecule has 0 radical (unpaired) electrons. The Kier molecular flexibility index (Phi) is 6.54. The highest BCUT2D eigenvalue weighted by atomic mass is 32.2. The van der Waals surface area contributed by atoms with Gasteiger partial charge in [-0.15, -0.1) is 0 Å². The predicted octanol–water partition coefficient (Wildman–Crippen LogP) is 6.66. The van der Waals surface area contributed by atoms with Gasteiger partial charge in [-0.25, -0.2) is 0 Å². The summed E-state index contributed by atoms with van der Waals surface area (Å²) < 4.78 is 40.0. The van der Waals surface area contributed by atoms with Crippen LogP contribution in [-0.4, -0.2) is 23.1 Å². The molecule has 0 aliphatic heterocycles. The maximum absolute atomic E-state index is 12.2. The molecule has 0 aliphatic rings. The summed E-state index contributed by atoms with van der Waals surface area (Å²) in [5.74, 6) is 0.765. The van der Waals surface area contributed by atoms with Gasteiger partial charge < -0.3 is 9.84 Å². The quantitative estimate of drug-likeness (QED) is 0.235. The Morgan fingerprint density at radius 2 is 1.65 bits per heavy atom. The van der Waals surface area contributed by atoms with Gasteiger partial charge in [0.05, 0.1) is 5.92 Å². The Hall–Kier alpha value is -4.01. The van der Waals surface area contributed by atoms with Gasteiger partial charge in [0, 0.05) is 11.3 Å². The summed E-state index contributed by atoms with van der Waals surface area (Å²) in [7, 11) is -4.43. The van der Waals surface area contributed by atoms with Crippen molar-refractivity contribution in [2.75, 3.05) is 5.32 Å². The molecule has 188 valence electrons. The molecule has 5 rings (SSSR count). The van der Waals surface area contributed by atoms with Crippen molar-refractivity contribution in [1.29, 1.82) is 0 Å². The number of anilines is 1. The number of benzene rings is 4. The zero-order valence-corrected chi connectivity index (χ0v) is 21.5. The maximum atomic E-state index is 12.2. The number of aryl methyl sites for hydroxylation is 2. The second kappa shape index (κ2) is 9.80. The normalized spacial score (nSPS) is 13.4. The van der Waals surface area contributed by atoms with E-state index in [4.69, 9.17) is 4.52 Å². The van der Waals surface area contributed by atoms with Gasteiger partial charge >= 0.3 is 0 Å². The Balaban J connectivity index is 1.46. The van der Waals surface area contributed by atoms with Crippen molar-refractivity contribution in [3.63, 3.8) is 0 Å². The van der Waals surface area contributed by atoms with E-state index in [1.807, 2.05) is 45.0 Å². The fraction of sp³-hybridized carbons (Fsp3) is 0.172. The van der Waals surface area contributed by atoms with Crippen LogP contribution in [0.3, 0.4) is 0 Å². The Morgan fingerprint density at radius 1 is 0.919 bits per heavy atom. The Morgan fingerprint density at radius 3 is 2.41 bits per heavy atom. The zero-order chi connectivity index (χ0) is 26.2. The topological polar surface area (TPSA) is 105 Å².